The van der Waals surface area contributed by atoms with Gasteiger partial charge in [-0.25, -0.2) is 17.2 Å². The van der Waals surface area contributed by atoms with E-state index in [2.05, 4.69) is 14.4 Å². The molecule has 0 atom stereocenters. The van der Waals surface area contributed by atoms with E-state index < -0.39 is 22.9 Å². The number of nitrogens with one attached hydrogen (secondary N) is 1. The molecule has 0 saturated heterocycles. The Morgan fingerprint density at radius 2 is 2.21 bits per heavy atom. The zero-order chi connectivity index (χ0) is 14.5. The van der Waals surface area contributed by atoms with Crippen LogP contribution in [0, 0.1) is 0 Å². The van der Waals surface area contributed by atoms with Gasteiger partial charge < -0.3 is 15.8 Å². The van der Waals surface area contributed by atoms with Gasteiger partial charge in [0.2, 0.25) is 0 Å². The second-order valence-corrected chi connectivity index (χ2v) is 6.51. The number of rotatable bonds is 8. The van der Waals surface area contributed by atoms with Gasteiger partial charge in [0.1, 0.15) is 16.5 Å². The summed E-state index contributed by atoms with van der Waals surface area (Å²) in [5.74, 6) is -0.144. The van der Waals surface area contributed by atoms with Crippen LogP contribution in [0.25, 0.3) is 0 Å². The summed E-state index contributed by atoms with van der Waals surface area (Å²) in [5, 5.41) is 3.08. The summed E-state index contributed by atoms with van der Waals surface area (Å²) in [6.45, 7) is 1.09. The van der Waals surface area contributed by atoms with Crippen LogP contribution in [0.5, 0.6) is 0 Å². The molecule has 0 aliphatic heterocycles. The highest BCUT2D eigenvalue weighted by Crippen LogP contribution is 2.31. The Labute approximate surface area is 114 Å². The van der Waals surface area contributed by atoms with E-state index >= 15 is 0 Å². The second-order valence-electron chi connectivity index (χ2n) is 3.52. The normalized spacial score (nSPS) is 12.0. The van der Waals surface area contributed by atoms with Crippen molar-refractivity contribution in [3.05, 3.63) is 0 Å². The molecular formula is C9H15F2N3O3S2. The number of alkyl halides is 2. The Morgan fingerprint density at radius 3 is 2.79 bits per heavy atom. The van der Waals surface area contributed by atoms with Gasteiger partial charge in [0.15, 0.2) is 15.7 Å². The minimum Gasteiger partial charge on any atom is -0.382 e. The average molecular weight is 315 g/mol. The Balaban J connectivity index is 2.61. The predicted octanol–water partition coefficient (Wildman–Crippen LogP) is 1.21. The molecule has 0 aliphatic rings. The van der Waals surface area contributed by atoms with Gasteiger partial charge in [-0.2, -0.15) is 4.37 Å². The van der Waals surface area contributed by atoms with Gasteiger partial charge in [-0.3, -0.25) is 0 Å². The number of anilines is 2. The minimum atomic E-state index is -3.47. The lowest BCUT2D eigenvalue weighted by molar-refractivity contribution is 0.0215. The lowest BCUT2D eigenvalue weighted by Gasteiger charge is -2.07. The fourth-order valence-corrected chi connectivity index (χ4v) is 3.45. The number of sulfone groups is 1. The molecule has 0 aromatic carbocycles. The highest BCUT2D eigenvalue weighted by atomic mass is 32.2. The first-order valence-corrected chi connectivity index (χ1v) is 7.88. The number of nitrogens with zero attached hydrogens (tertiary/aromatic N) is 1. The van der Waals surface area contributed by atoms with Crippen LogP contribution < -0.4 is 11.1 Å². The topological polar surface area (TPSA) is 94.3 Å². The largest absolute Gasteiger partial charge is 0.382 e. The monoisotopic (exact) mass is 315 g/mol. The van der Waals surface area contributed by atoms with Crippen molar-refractivity contribution in [2.45, 2.75) is 18.2 Å². The van der Waals surface area contributed by atoms with Crippen LogP contribution in [0.4, 0.5) is 19.6 Å². The molecule has 3 N–H and O–H groups in total. The number of nitrogens with two attached hydrogens (primary N) is 1. The van der Waals surface area contributed by atoms with Gasteiger partial charge in [0.05, 0.1) is 12.4 Å². The summed E-state index contributed by atoms with van der Waals surface area (Å²) < 4.78 is 55.6. The van der Waals surface area contributed by atoms with Gasteiger partial charge in [0.25, 0.3) is 6.43 Å². The van der Waals surface area contributed by atoms with Crippen molar-refractivity contribution < 1.29 is 21.9 Å². The standard InChI is InChI=1S/C9H15F2N3O3S2/c1-2-19(15,16)7-8(12)14-18-9(7)13-3-4-17-5-6(10)11/h6,13H,2-5H2,1H3,(H2,12,14). The van der Waals surface area contributed by atoms with Crippen LogP contribution in [-0.2, 0) is 14.6 Å². The highest BCUT2D eigenvalue weighted by molar-refractivity contribution is 7.91. The number of hydrogen-bond acceptors (Lipinski definition) is 7. The maximum Gasteiger partial charge on any atom is 0.261 e. The molecule has 0 saturated carbocycles. The third-order valence-corrected chi connectivity index (χ3v) is 4.88. The van der Waals surface area contributed by atoms with Crippen LogP contribution in [0.1, 0.15) is 6.92 Å². The molecule has 1 aromatic heterocycles. The lowest BCUT2D eigenvalue weighted by Crippen LogP contribution is -2.14. The summed E-state index contributed by atoms with van der Waals surface area (Å²) in [5.41, 5.74) is 5.52. The van der Waals surface area contributed by atoms with E-state index in [1.165, 1.54) is 6.92 Å². The number of aromatic nitrogens is 1. The van der Waals surface area contributed by atoms with Crippen LogP contribution in [0.3, 0.4) is 0 Å². The van der Waals surface area contributed by atoms with Gasteiger partial charge in [0, 0.05) is 6.54 Å². The molecule has 0 amide bonds. The van der Waals surface area contributed by atoms with E-state index in [-0.39, 0.29) is 29.6 Å². The maximum absolute atomic E-state index is 11.8. The predicted molar refractivity (Wildman–Crippen MR) is 69.6 cm³/mol. The summed E-state index contributed by atoms with van der Waals surface area (Å²) in [6.07, 6.45) is -2.52. The summed E-state index contributed by atoms with van der Waals surface area (Å²) in [4.78, 5) is -0.0335. The maximum atomic E-state index is 11.8. The molecule has 0 unspecified atom stereocenters. The molecular weight excluding hydrogens is 300 g/mol. The van der Waals surface area contributed by atoms with Crippen molar-refractivity contribution in [2.24, 2.45) is 0 Å². The molecule has 0 aliphatic carbocycles. The van der Waals surface area contributed by atoms with Crippen molar-refractivity contribution in [2.75, 3.05) is 36.6 Å². The van der Waals surface area contributed by atoms with Gasteiger partial charge in [-0.05, 0) is 11.5 Å². The van der Waals surface area contributed by atoms with E-state index in [9.17, 15) is 17.2 Å². The van der Waals surface area contributed by atoms with Crippen molar-refractivity contribution in [1.29, 1.82) is 0 Å². The summed E-state index contributed by atoms with van der Waals surface area (Å²) in [7, 11) is -3.47. The third-order valence-electron chi connectivity index (χ3n) is 2.14. The highest BCUT2D eigenvalue weighted by Gasteiger charge is 2.23. The minimum absolute atomic E-state index is 0.0335. The lowest BCUT2D eigenvalue weighted by atomic mass is 10.5. The van der Waals surface area contributed by atoms with Gasteiger partial charge >= 0.3 is 0 Å². The SMILES string of the molecule is CCS(=O)(=O)c1c(N)nsc1NCCOCC(F)F. The zero-order valence-corrected chi connectivity index (χ0v) is 11.9. The average Bonchev–Trinajstić information content (AvgIpc) is 2.70. The molecule has 19 heavy (non-hydrogen) atoms. The molecule has 110 valence electrons. The fourth-order valence-electron chi connectivity index (χ4n) is 1.26. The number of halogens is 2. The molecule has 0 fully saturated rings. The molecule has 1 heterocycles. The molecule has 1 rings (SSSR count). The first kappa shape index (κ1) is 16.1. The summed E-state index contributed by atoms with van der Waals surface area (Å²) in [6, 6.07) is 0. The fraction of sp³-hybridized carbons (Fsp3) is 0.667. The number of hydrogen-bond donors (Lipinski definition) is 2. The van der Waals surface area contributed by atoms with E-state index in [0.717, 1.165) is 11.5 Å². The van der Waals surface area contributed by atoms with Crippen LogP contribution in [0.2, 0.25) is 0 Å². The van der Waals surface area contributed by atoms with Crippen LogP contribution in [-0.4, -0.2) is 44.7 Å². The zero-order valence-electron chi connectivity index (χ0n) is 10.2. The Kier molecular flexibility index (Phi) is 5.88. The summed E-state index contributed by atoms with van der Waals surface area (Å²) >= 11 is 0.914. The molecule has 10 heteroatoms. The Hall–Kier alpha value is -1.00. The van der Waals surface area contributed by atoms with Crippen LogP contribution >= 0.6 is 11.5 Å². The molecule has 0 radical (unpaired) electrons. The van der Waals surface area contributed by atoms with Gasteiger partial charge in [-0.1, -0.05) is 6.92 Å². The smallest absolute Gasteiger partial charge is 0.261 e. The molecule has 1 aromatic rings. The molecule has 0 bridgehead atoms. The van der Waals surface area contributed by atoms with Crippen molar-refractivity contribution >= 4 is 32.2 Å². The van der Waals surface area contributed by atoms with E-state index in [4.69, 9.17) is 5.73 Å². The quantitative estimate of drug-likeness (QED) is 0.700. The van der Waals surface area contributed by atoms with Gasteiger partial charge in [-0.15, -0.1) is 0 Å². The molecule has 0 spiro atoms. The van der Waals surface area contributed by atoms with Crippen LogP contribution in [0.15, 0.2) is 4.90 Å². The van der Waals surface area contributed by atoms with Crippen molar-refractivity contribution in [3.8, 4) is 0 Å². The first-order chi connectivity index (χ1) is 8.88. The van der Waals surface area contributed by atoms with Crippen molar-refractivity contribution in [3.63, 3.8) is 0 Å². The Bertz CT molecular complexity index is 505. The van der Waals surface area contributed by atoms with E-state index in [1.54, 1.807) is 0 Å². The van der Waals surface area contributed by atoms with E-state index in [1.807, 2.05) is 0 Å². The second kappa shape index (κ2) is 6.96. The third kappa shape index (κ3) is 4.55. The molecule has 6 nitrogen and oxygen atoms in total. The van der Waals surface area contributed by atoms with E-state index in [0.29, 0.717) is 5.00 Å². The first-order valence-electron chi connectivity index (χ1n) is 5.46. The Morgan fingerprint density at radius 1 is 1.53 bits per heavy atom. The number of ether oxygens (including phenoxy) is 1. The number of nitrogen functional groups attached to an aromatic ring is 1. The van der Waals surface area contributed by atoms with Crippen molar-refractivity contribution in [1.82, 2.24) is 4.37 Å².